The van der Waals surface area contributed by atoms with Crippen LogP contribution >= 0.6 is 0 Å². The summed E-state index contributed by atoms with van der Waals surface area (Å²) in [4.78, 5) is 16.1. The van der Waals surface area contributed by atoms with E-state index in [9.17, 15) is 4.79 Å². The van der Waals surface area contributed by atoms with Gasteiger partial charge in [0.1, 0.15) is 6.04 Å². The van der Waals surface area contributed by atoms with Crippen LogP contribution in [0.25, 0.3) is 0 Å². The third-order valence-corrected chi connectivity index (χ3v) is 3.14. The third-order valence-electron chi connectivity index (χ3n) is 3.14. The first-order chi connectivity index (χ1) is 7.10. The van der Waals surface area contributed by atoms with Gasteiger partial charge < -0.3 is 9.64 Å². The van der Waals surface area contributed by atoms with Gasteiger partial charge >= 0.3 is 5.97 Å². The molecule has 4 heteroatoms. The number of ether oxygens (including phenoxy) is 1. The van der Waals surface area contributed by atoms with Gasteiger partial charge in [0.15, 0.2) is 0 Å². The van der Waals surface area contributed by atoms with E-state index in [0.29, 0.717) is 6.04 Å². The van der Waals surface area contributed by atoms with Crippen molar-refractivity contribution in [2.45, 2.75) is 32.4 Å². The van der Waals surface area contributed by atoms with E-state index in [1.165, 1.54) is 7.11 Å². The minimum absolute atomic E-state index is 0.0706. The van der Waals surface area contributed by atoms with Crippen molar-refractivity contribution in [3.8, 4) is 0 Å². The van der Waals surface area contributed by atoms with E-state index in [2.05, 4.69) is 23.8 Å². The van der Waals surface area contributed by atoms with E-state index in [0.717, 1.165) is 26.1 Å². The molecule has 0 saturated carbocycles. The minimum atomic E-state index is -0.103. The van der Waals surface area contributed by atoms with Gasteiger partial charge in [-0.1, -0.05) is 6.92 Å². The Bertz CT molecular complexity index is 221. The summed E-state index contributed by atoms with van der Waals surface area (Å²) in [5, 5.41) is 0. The van der Waals surface area contributed by atoms with E-state index in [1.54, 1.807) is 0 Å². The smallest absolute Gasteiger partial charge is 0.323 e. The molecule has 0 bridgehead atoms. The number of esters is 1. The highest BCUT2D eigenvalue weighted by atomic mass is 16.5. The largest absolute Gasteiger partial charge is 0.468 e. The van der Waals surface area contributed by atoms with Gasteiger partial charge in [-0.2, -0.15) is 0 Å². The van der Waals surface area contributed by atoms with Gasteiger partial charge in [0.25, 0.3) is 0 Å². The summed E-state index contributed by atoms with van der Waals surface area (Å²) in [5.41, 5.74) is 0. The lowest BCUT2D eigenvalue weighted by molar-refractivity contribution is -0.149. The molecule has 0 aromatic heterocycles. The van der Waals surface area contributed by atoms with Crippen molar-refractivity contribution in [3.63, 3.8) is 0 Å². The molecule has 1 saturated heterocycles. The predicted molar refractivity (Wildman–Crippen MR) is 59.8 cm³/mol. The van der Waals surface area contributed by atoms with Crippen LogP contribution in [0.2, 0.25) is 0 Å². The summed E-state index contributed by atoms with van der Waals surface area (Å²) in [6.07, 6.45) is 0.820. The average Bonchev–Trinajstić information content (AvgIpc) is 2.21. The van der Waals surface area contributed by atoms with Crippen molar-refractivity contribution in [2.24, 2.45) is 0 Å². The number of piperazine rings is 1. The van der Waals surface area contributed by atoms with Crippen molar-refractivity contribution in [2.75, 3.05) is 33.8 Å². The first kappa shape index (κ1) is 12.5. The SMILES string of the molecule is CCC(C(=O)OC)N1CCN(C)C[C@H]1C. The number of hydrogen-bond acceptors (Lipinski definition) is 4. The van der Waals surface area contributed by atoms with E-state index >= 15 is 0 Å². The van der Waals surface area contributed by atoms with Crippen molar-refractivity contribution >= 4 is 5.97 Å². The minimum Gasteiger partial charge on any atom is -0.468 e. The normalized spacial score (nSPS) is 26.3. The molecule has 1 unspecified atom stereocenters. The number of methoxy groups -OCH3 is 1. The molecule has 1 heterocycles. The second kappa shape index (κ2) is 5.47. The maximum absolute atomic E-state index is 11.6. The maximum atomic E-state index is 11.6. The molecule has 0 aliphatic carbocycles. The van der Waals surface area contributed by atoms with E-state index in [4.69, 9.17) is 4.74 Å². The quantitative estimate of drug-likeness (QED) is 0.643. The van der Waals surface area contributed by atoms with Crippen LogP contribution in [0.4, 0.5) is 0 Å². The highest BCUT2D eigenvalue weighted by Crippen LogP contribution is 2.15. The Labute approximate surface area is 92.2 Å². The van der Waals surface area contributed by atoms with Gasteiger partial charge in [0.2, 0.25) is 0 Å². The van der Waals surface area contributed by atoms with Crippen LogP contribution in [0.5, 0.6) is 0 Å². The van der Waals surface area contributed by atoms with Crippen LogP contribution in [0, 0.1) is 0 Å². The Morgan fingerprint density at radius 2 is 2.20 bits per heavy atom. The topological polar surface area (TPSA) is 32.8 Å². The van der Waals surface area contributed by atoms with Crippen LogP contribution < -0.4 is 0 Å². The molecule has 0 spiro atoms. The van der Waals surface area contributed by atoms with Gasteiger partial charge in [-0.3, -0.25) is 9.69 Å². The Hall–Kier alpha value is -0.610. The first-order valence-corrected chi connectivity index (χ1v) is 5.62. The monoisotopic (exact) mass is 214 g/mol. The molecule has 2 atom stereocenters. The molecule has 0 N–H and O–H groups in total. The second-order valence-corrected chi connectivity index (χ2v) is 4.30. The Morgan fingerprint density at radius 3 is 2.67 bits per heavy atom. The summed E-state index contributed by atoms with van der Waals surface area (Å²) >= 11 is 0. The number of rotatable bonds is 3. The fourth-order valence-corrected chi connectivity index (χ4v) is 2.29. The maximum Gasteiger partial charge on any atom is 0.323 e. The molecule has 0 aromatic carbocycles. The molecule has 15 heavy (non-hydrogen) atoms. The predicted octanol–water partition coefficient (Wildman–Crippen LogP) is 0.574. The average molecular weight is 214 g/mol. The first-order valence-electron chi connectivity index (χ1n) is 5.62. The van der Waals surface area contributed by atoms with Crippen molar-refractivity contribution in [1.82, 2.24) is 9.80 Å². The van der Waals surface area contributed by atoms with E-state index in [1.807, 2.05) is 6.92 Å². The second-order valence-electron chi connectivity index (χ2n) is 4.30. The standard InChI is InChI=1S/C11H22N2O2/c1-5-10(11(14)15-4)13-7-6-12(3)8-9(13)2/h9-10H,5-8H2,1-4H3/t9-,10?/m1/s1. The lowest BCUT2D eigenvalue weighted by Crippen LogP contribution is -2.56. The zero-order valence-electron chi connectivity index (χ0n) is 10.2. The molecule has 1 aliphatic rings. The molecule has 0 aromatic rings. The van der Waals surface area contributed by atoms with Gasteiger partial charge in [0.05, 0.1) is 7.11 Å². The molecule has 0 radical (unpaired) electrons. The third kappa shape index (κ3) is 2.92. The Morgan fingerprint density at radius 1 is 1.53 bits per heavy atom. The van der Waals surface area contributed by atoms with Crippen molar-refractivity contribution < 1.29 is 9.53 Å². The van der Waals surface area contributed by atoms with Crippen molar-refractivity contribution in [3.05, 3.63) is 0 Å². The van der Waals surface area contributed by atoms with E-state index < -0.39 is 0 Å². The summed E-state index contributed by atoms with van der Waals surface area (Å²) in [6.45, 7) is 7.20. The van der Waals surface area contributed by atoms with Crippen molar-refractivity contribution in [1.29, 1.82) is 0 Å². The fraction of sp³-hybridized carbons (Fsp3) is 0.909. The summed E-state index contributed by atoms with van der Waals surface area (Å²) in [5.74, 6) is -0.103. The number of carbonyl (C=O) groups is 1. The summed E-state index contributed by atoms with van der Waals surface area (Å²) in [7, 11) is 3.58. The van der Waals surface area contributed by atoms with Crippen LogP contribution in [0.15, 0.2) is 0 Å². The summed E-state index contributed by atoms with van der Waals surface area (Å²) in [6, 6.07) is 0.353. The van der Waals surface area contributed by atoms with Gasteiger partial charge in [-0.05, 0) is 20.4 Å². The van der Waals surface area contributed by atoms with Crippen LogP contribution in [0.3, 0.4) is 0 Å². The zero-order valence-corrected chi connectivity index (χ0v) is 10.2. The number of hydrogen-bond donors (Lipinski definition) is 0. The van der Waals surface area contributed by atoms with E-state index in [-0.39, 0.29) is 12.0 Å². The van der Waals surface area contributed by atoms with Gasteiger partial charge in [-0.15, -0.1) is 0 Å². The molecule has 4 nitrogen and oxygen atoms in total. The van der Waals surface area contributed by atoms with Crippen LogP contribution in [-0.4, -0.2) is 61.6 Å². The van der Waals surface area contributed by atoms with Gasteiger partial charge in [-0.25, -0.2) is 0 Å². The lowest BCUT2D eigenvalue weighted by Gasteiger charge is -2.41. The Kier molecular flexibility index (Phi) is 4.54. The molecule has 1 rings (SSSR count). The highest BCUT2D eigenvalue weighted by Gasteiger charge is 2.31. The van der Waals surface area contributed by atoms with Gasteiger partial charge in [0, 0.05) is 25.7 Å². The molecule has 1 fully saturated rings. The highest BCUT2D eigenvalue weighted by molar-refractivity contribution is 5.75. The zero-order chi connectivity index (χ0) is 11.4. The lowest BCUT2D eigenvalue weighted by atomic mass is 10.1. The van der Waals surface area contributed by atoms with Crippen LogP contribution in [0.1, 0.15) is 20.3 Å². The molecular formula is C11H22N2O2. The molecule has 88 valence electrons. The fourth-order valence-electron chi connectivity index (χ4n) is 2.29. The molecule has 1 aliphatic heterocycles. The molecule has 0 amide bonds. The number of carbonyl (C=O) groups excluding carboxylic acids is 1. The van der Waals surface area contributed by atoms with Crippen LogP contribution in [-0.2, 0) is 9.53 Å². The number of likely N-dealkylation sites (N-methyl/N-ethyl adjacent to an activating group) is 1. The molecular weight excluding hydrogens is 192 g/mol. The number of nitrogens with zero attached hydrogens (tertiary/aromatic N) is 2. The Balaban J connectivity index is 2.63. The summed E-state index contributed by atoms with van der Waals surface area (Å²) < 4.78 is 4.84.